The van der Waals surface area contributed by atoms with E-state index in [9.17, 15) is 0 Å². The molecule has 2 heterocycles. The molecule has 1 aliphatic heterocycles. The van der Waals surface area contributed by atoms with E-state index in [1.165, 1.54) is 0 Å². The molecule has 18 heavy (non-hydrogen) atoms. The molecule has 4 nitrogen and oxygen atoms in total. The SMILES string of the molecule is CC1(C)CN(c2cnc(CCl)cn2)CC(C)(C)O1. The fourth-order valence-electron chi connectivity index (χ4n) is 2.53. The van der Waals surface area contributed by atoms with Crippen LogP contribution in [-0.2, 0) is 10.6 Å². The molecule has 0 atom stereocenters. The van der Waals surface area contributed by atoms with Gasteiger partial charge in [0.25, 0.3) is 0 Å². The zero-order valence-corrected chi connectivity index (χ0v) is 12.2. The van der Waals surface area contributed by atoms with Gasteiger partial charge in [-0.15, -0.1) is 11.6 Å². The van der Waals surface area contributed by atoms with Crippen LogP contribution in [-0.4, -0.2) is 34.3 Å². The van der Waals surface area contributed by atoms with Gasteiger partial charge < -0.3 is 9.64 Å². The minimum atomic E-state index is -0.186. The number of halogens is 1. The second-order valence-corrected chi connectivity index (χ2v) is 6.24. The molecule has 2 rings (SSSR count). The van der Waals surface area contributed by atoms with Gasteiger partial charge in [0.15, 0.2) is 0 Å². The van der Waals surface area contributed by atoms with Gasteiger partial charge in [0.05, 0.1) is 35.2 Å². The lowest BCUT2D eigenvalue weighted by Crippen LogP contribution is -2.57. The number of rotatable bonds is 2. The van der Waals surface area contributed by atoms with Crippen molar-refractivity contribution in [3.8, 4) is 0 Å². The number of morpholine rings is 1. The van der Waals surface area contributed by atoms with Gasteiger partial charge in [-0.3, -0.25) is 4.98 Å². The molecule has 1 fully saturated rings. The number of anilines is 1. The van der Waals surface area contributed by atoms with Crippen molar-refractivity contribution in [2.24, 2.45) is 0 Å². The third-order valence-electron chi connectivity index (χ3n) is 2.85. The van der Waals surface area contributed by atoms with Crippen LogP contribution >= 0.6 is 11.6 Å². The van der Waals surface area contributed by atoms with E-state index < -0.39 is 0 Å². The molecule has 0 spiro atoms. The quantitative estimate of drug-likeness (QED) is 0.774. The first-order chi connectivity index (χ1) is 8.31. The topological polar surface area (TPSA) is 38.2 Å². The Kier molecular flexibility index (Phi) is 3.52. The molecular formula is C13H20ClN3O. The van der Waals surface area contributed by atoms with Crippen LogP contribution in [0.25, 0.3) is 0 Å². The summed E-state index contributed by atoms with van der Waals surface area (Å²) in [5.41, 5.74) is 0.426. The Balaban J connectivity index is 2.21. The fraction of sp³-hybridized carbons (Fsp3) is 0.692. The summed E-state index contributed by atoms with van der Waals surface area (Å²) in [4.78, 5) is 10.9. The van der Waals surface area contributed by atoms with Crippen LogP contribution in [0.3, 0.4) is 0 Å². The Bertz CT molecular complexity index is 401. The predicted molar refractivity (Wildman–Crippen MR) is 73.0 cm³/mol. The summed E-state index contributed by atoms with van der Waals surface area (Å²) in [6.07, 6.45) is 3.52. The summed E-state index contributed by atoms with van der Waals surface area (Å²) in [5.74, 6) is 1.28. The van der Waals surface area contributed by atoms with Crippen LogP contribution in [0.1, 0.15) is 33.4 Å². The smallest absolute Gasteiger partial charge is 0.147 e. The third kappa shape index (κ3) is 3.12. The first kappa shape index (κ1) is 13.6. The molecule has 0 saturated carbocycles. The molecule has 0 amide bonds. The standard InChI is InChI=1S/C13H20ClN3O/c1-12(2)8-17(9-13(3,4)18-12)11-7-15-10(5-14)6-16-11/h6-7H,5,8-9H2,1-4H3. The second kappa shape index (κ2) is 4.67. The second-order valence-electron chi connectivity index (χ2n) is 5.98. The Hall–Kier alpha value is -0.870. The zero-order valence-electron chi connectivity index (χ0n) is 11.4. The predicted octanol–water partition coefficient (Wildman–Crippen LogP) is 2.61. The van der Waals surface area contributed by atoms with E-state index in [4.69, 9.17) is 16.3 Å². The molecule has 1 saturated heterocycles. The zero-order chi connectivity index (χ0) is 13.4. The van der Waals surface area contributed by atoms with Gasteiger partial charge in [-0.1, -0.05) is 0 Å². The lowest BCUT2D eigenvalue weighted by atomic mass is 9.99. The number of aromatic nitrogens is 2. The van der Waals surface area contributed by atoms with Gasteiger partial charge in [-0.05, 0) is 27.7 Å². The maximum atomic E-state index is 6.05. The highest BCUT2D eigenvalue weighted by molar-refractivity contribution is 6.16. The first-order valence-electron chi connectivity index (χ1n) is 6.13. The number of alkyl halides is 1. The van der Waals surface area contributed by atoms with Crippen molar-refractivity contribution in [1.82, 2.24) is 9.97 Å². The summed E-state index contributed by atoms with van der Waals surface area (Å²) >= 11 is 5.72. The van der Waals surface area contributed by atoms with E-state index in [0.717, 1.165) is 24.6 Å². The Labute approximate surface area is 113 Å². The average molecular weight is 270 g/mol. The van der Waals surface area contributed by atoms with Crippen molar-refractivity contribution < 1.29 is 4.74 Å². The highest BCUT2D eigenvalue weighted by atomic mass is 35.5. The summed E-state index contributed by atoms with van der Waals surface area (Å²) in [6.45, 7) is 10.0. The Morgan fingerprint density at radius 2 is 1.78 bits per heavy atom. The molecule has 0 bridgehead atoms. The first-order valence-corrected chi connectivity index (χ1v) is 6.67. The summed E-state index contributed by atoms with van der Waals surface area (Å²) < 4.78 is 6.05. The molecule has 1 aromatic heterocycles. The number of nitrogens with zero attached hydrogens (tertiary/aromatic N) is 3. The average Bonchev–Trinajstić information content (AvgIpc) is 2.25. The largest absolute Gasteiger partial charge is 0.366 e. The molecule has 100 valence electrons. The van der Waals surface area contributed by atoms with Gasteiger partial charge in [-0.2, -0.15) is 0 Å². The normalized spacial score (nSPS) is 21.9. The molecular weight excluding hydrogens is 250 g/mol. The highest BCUT2D eigenvalue weighted by Gasteiger charge is 2.38. The molecule has 5 heteroatoms. The monoisotopic (exact) mass is 269 g/mol. The Morgan fingerprint density at radius 1 is 1.17 bits per heavy atom. The maximum Gasteiger partial charge on any atom is 0.147 e. The van der Waals surface area contributed by atoms with Crippen molar-refractivity contribution in [3.63, 3.8) is 0 Å². The molecule has 0 aliphatic carbocycles. The van der Waals surface area contributed by atoms with Crippen molar-refractivity contribution in [2.75, 3.05) is 18.0 Å². The van der Waals surface area contributed by atoms with Crippen molar-refractivity contribution in [1.29, 1.82) is 0 Å². The molecule has 0 N–H and O–H groups in total. The molecule has 0 unspecified atom stereocenters. The molecule has 1 aliphatic rings. The maximum absolute atomic E-state index is 6.05. The fourth-order valence-corrected chi connectivity index (χ4v) is 2.67. The van der Waals surface area contributed by atoms with Crippen LogP contribution in [0.2, 0.25) is 0 Å². The van der Waals surface area contributed by atoms with Crippen LogP contribution < -0.4 is 4.90 Å². The molecule has 1 aromatic rings. The summed E-state index contributed by atoms with van der Waals surface area (Å²) in [6, 6.07) is 0. The van der Waals surface area contributed by atoms with Gasteiger partial charge >= 0.3 is 0 Å². The number of ether oxygens (including phenoxy) is 1. The van der Waals surface area contributed by atoms with E-state index >= 15 is 0 Å². The van der Waals surface area contributed by atoms with Crippen molar-refractivity contribution in [3.05, 3.63) is 18.1 Å². The van der Waals surface area contributed by atoms with Gasteiger partial charge in [0, 0.05) is 13.1 Å². The minimum absolute atomic E-state index is 0.186. The van der Waals surface area contributed by atoms with Gasteiger partial charge in [0.2, 0.25) is 0 Å². The Morgan fingerprint density at radius 3 is 2.22 bits per heavy atom. The van der Waals surface area contributed by atoms with Crippen LogP contribution in [0.15, 0.2) is 12.4 Å². The third-order valence-corrected chi connectivity index (χ3v) is 3.12. The number of hydrogen-bond donors (Lipinski definition) is 0. The van der Waals surface area contributed by atoms with Gasteiger partial charge in [0.1, 0.15) is 5.82 Å². The van der Waals surface area contributed by atoms with Gasteiger partial charge in [-0.25, -0.2) is 4.98 Å². The summed E-state index contributed by atoms with van der Waals surface area (Å²) in [5, 5.41) is 0. The van der Waals surface area contributed by atoms with E-state index in [2.05, 4.69) is 42.6 Å². The minimum Gasteiger partial charge on any atom is -0.366 e. The lowest BCUT2D eigenvalue weighted by molar-refractivity contribution is -0.133. The molecule has 0 radical (unpaired) electrons. The van der Waals surface area contributed by atoms with E-state index in [-0.39, 0.29) is 11.2 Å². The van der Waals surface area contributed by atoms with Crippen molar-refractivity contribution in [2.45, 2.75) is 44.8 Å². The van der Waals surface area contributed by atoms with Crippen LogP contribution in [0, 0.1) is 0 Å². The van der Waals surface area contributed by atoms with E-state index in [1.807, 2.05) is 0 Å². The molecule has 0 aromatic carbocycles. The lowest BCUT2D eigenvalue weighted by Gasteiger charge is -2.47. The summed E-state index contributed by atoms with van der Waals surface area (Å²) in [7, 11) is 0. The number of hydrogen-bond acceptors (Lipinski definition) is 4. The van der Waals surface area contributed by atoms with Crippen LogP contribution in [0.5, 0.6) is 0 Å². The van der Waals surface area contributed by atoms with E-state index in [1.54, 1.807) is 12.4 Å². The van der Waals surface area contributed by atoms with Crippen LogP contribution in [0.4, 0.5) is 5.82 Å². The van der Waals surface area contributed by atoms with Crippen molar-refractivity contribution >= 4 is 17.4 Å². The van der Waals surface area contributed by atoms with E-state index in [0.29, 0.717) is 5.88 Å². The highest BCUT2D eigenvalue weighted by Crippen LogP contribution is 2.30.